The number of sulfonamides is 2. The van der Waals surface area contributed by atoms with Crippen molar-refractivity contribution in [3.8, 4) is 0 Å². The van der Waals surface area contributed by atoms with Gasteiger partial charge < -0.3 is 0 Å². The van der Waals surface area contributed by atoms with Crippen LogP contribution in [0.4, 0.5) is 0 Å². The molecule has 1 aliphatic heterocycles. The molecule has 6 nitrogen and oxygen atoms in total. The van der Waals surface area contributed by atoms with Crippen molar-refractivity contribution in [3.63, 3.8) is 0 Å². The molecule has 10 heteroatoms. The van der Waals surface area contributed by atoms with Crippen LogP contribution >= 0.6 is 27.3 Å². The third-order valence-electron chi connectivity index (χ3n) is 3.34. The number of thiophene rings is 1. The lowest BCUT2D eigenvalue weighted by atomic mass is 10.1. The predicted molar refractivity (Wildman–Crippen MR) is 86.4 cm³/mol. The van der Waals surface area contributed by atoms with E-state index in [1.807, 2.05) is 0 Å². The summed E-state index contributed by atoms with van der Waals surface area (Å²) in [6.07, 6.45) is 0.975. The summed E-state index contributed by atoms with van der Waals surface area (Å²) in [5.41, 5.74) is 0. The zero-order valence-electron chi connectivity index (χ0n) is 11.5. The molecule has 1 fully saturated rings. The summed E-state index contributed by atoms with van der Waals surface area (Å²) in [6.45, 7) is 2.23. The number of rotatable bonds is 5. The number of halogens is 1. The quantitative estimate of drug-likeness (QED) is 0.789. The highest BCUT2D eigenvalue weighted by atomic mass is 79.9. The number of nitrogens with one attached hydrogen (secondary N) is 1. The maximum absolute atomic E-state index is 12.5. The van der Waals surface area contributed by atoms with E-state index in [0.29, 0.717) is 34.6 Å². The standard InChI is InChI=1S/C11H17BrN2O4S3/c1-2-20(15,16)13-9-3-6-14(7-4-9)21(17,18)11-10(12)5-8-19-11/h5,8-9,13H,2-4,6-7H2,1H3. The topological polar surface area (TPSA) is 83.6 Å². The van der Waals surface area contributed by atoms with Crippen LogP contribution < -0.4 is 4.72 Å². The first-order valence-electron chi connectivity index (χ1n) is 6.49. The van der Waals surface area contributed by atoms with E-state index in [1.54, 1.807) is 18.4 Å². The largest absolute Gasteiger partial charge is 0.253 e. The molecule has 1 saturated heterocycles. The van der Waals surface area contributed by atoms with Gasteiger partial charge in [0, 0.05) is 23.6 Å². The van der Waals surface area contributed by atoms with Crippen molar-refractivity contribution in [1.82, 2.24) is 9.03 Å². The fourth-order valence-corrected chi connectivity index (χ4v) is 6.96. The molecule has 0 saturated carbocycles. The SMILES string of the molecule is CCS(=O)(=O)NC1CCN(S(=O)(=O)c2sccc2Br)CC1. The van der Waals surface area contributed by atoms with Crippen LogP contribution in [-0.4, -0.2) is 46.0 Å². The Morgan fingerprint density at radius 2 is 1.95 bits per heavy atom. The Balaban J connectivity index is 2.03. The minimum Gasteiger partial charge on any atom is -0.212 e. The molecule has 0 aliphatic carbocycles. The van der Waals surface area contributed by atoms with Crippen LogP contribution in [0.5, 0.6) is 0 Å². The van der Waals surface area contributed by atoms with Gasteiger partial charge in [-0.05, 0) is 47.1 Å². The predicted octanol–water partition coefficient (Wildman–Crippen LogP) is 1.60. The van der Waals surface area contributed by atoms with Gasteiger partial charge >= 0.3 is 0 Å². The first-order chi connectivity index (χ1) is 9.76. The van der Waals surface area contributed by atoms with Crippen LogP contribution in [0.1, 0.15) is 19.8 Å². The molecule has 21 heavy (non-hydrogen) atoms. The van der Waals surface area contributed by atoms with Crippen molar-refractivity contribution in [2.24, 2.45) is 0 Å². The minimum atomic E-state index is -3.49. The molecule has 1 aromatic heterocycles. The van der Waals surface area contributed by atoms with E-state index in [2.05, 4.69) is 20.7 Å². The molecule has 0 spiro atoms. The molecule has 1 N–H and O–H groups in total. The van der Waals surface area contributed by atoms with Gasteiger partial charge in [0.1, 0.15) is 4.21 Å². The van der Waals surface area contributed by atoms with Gasteiger partial charge in [-0.2, -0.15) is 4.31 Å². The molecule has 1 aromatic rings. The summed E-state index contributed by atoms with van der Waals surface area (Å²) in [4.78, 5) is 0. The number of hydrogen-bond acceptors (Lipinski definition) is 5. The fourth-order valence-electron chi connectivity index (χ4n) is 2.13. The highest BCUT2D eigenvalue weighted by molar-refractivity contribution is 9.10. The fraction of sp³-hybridized carbons (Fsp3) is 0.636. The van der Waals surface area contributed by atoms with Gasteiger partial charge in [0.15, 0.2) is 0 Å². The summed E-state index contributed by atoms with van der Waals surface area (Å²) in [6, 6.07) is 1.52. The van der Waals surface area contributed by atoms with Crippen LogP contribution in [0.15, 0.2) is 20.1 Å². The molecule has 0 aromatic carbocycles. The van der Waals surface area contributed by atoms with Crippen molar-refractivity contribution < 1.29 is 16.8 Å². The Hall–Kier alpha value is -0.000000000000000111. The van der Waals surface area contributed by atoms with Crippen molar-refractivity contribution in [2.45, 2.75) is 30.0 Å². The molecule has 120 valence electrons. The number of hydrogen-bond donors (Lipinski definition) is 1. The van der Waals surface area contributed by atoms with Gasteiger partial charge in [-0.1, -0.05) is 0 Å². The summed E-state index contributed by atoms with van der Waals surface area (Å²) < 4.78 is 52.9. The van der Waals surface area contributed by atoms with Gasteiger partial charge in [0.25, 0.3) is 10.0 Å². The van der Waals surface area contributed by atoms with E-state index in [-0.39, 0.29) is 11.8 Å². The van der Waals surface area contributed by atoms with E-state index < -0.39 is 20.0 Å². The van der Waals surface area contributed by atoms with Crippen molar-refractivity contribution >= 4 is 47.3 Å². The summed E-state index contributed by atoms with van der Waals surface area (Å²) in [5, 5.41) is 1.72. The second-order valence-corrected chi connectivity index (χ2v) is 10.7. The highest BCUT2D eigenvalue weighted by Gasteiger charge is 2.32. The molecule has 2 heterocycles. The molecule has 2 rings (SSSR count). The lowest BCUT2D eigenvalue weighted by molar-refractivity contribution is 0.309. The third-order valence-corrected chi connectivity index (χ3v) is 9.34. The second kappa shape index (κ2) is 6.63. The molecule has 0 amide bonds. The van der Waals surface area contributed by atoms with Crippen LogP contribution in [0.2, 0.25) is 0 Å². The normalized spacial score (nSPS) is 19.0. The molecular formula is C11H17BrN2O4S3. The average Bonchev–Trinajstić information content (AvgIpc) is 2.86. The van der Waals surface area contributed by atoms with Crippen LogP contribution in [0.3, 0.4) is 0 Å². The van der Waals surface area contributed by atoms with E-state index in [0.717, 1.165) is 0 Å². The van der Waals surface area contributed by atoms with Crippen molar-refractivity contribution in [2.75, 3.05) is 18.8 Å². The molecule has 1 aliphatic rings. The lowest BCUT2D eigenvalue weighted by Gasteiger charge is -2.31. The number of piperidine rings is 1. The number of nitrogens with zero attached hydrogens (tertiary/aromatic N) is 1. The van der Waals surface area contributed by atoms with Gasteiger partial charge in [0.2, 0.25) is 10.0 Å². The first-order valence-corrected chi connectivity index (χ1v) is 11.3. The Kier molecular flexibility index (Phi) is 5.48. The summed E-state index contributed by atoms with van der Waals surface area (Å²) in [7, 11) is -6.74. The molecule has 0 bridgehead atoms. The lowest BCUT2D eigenvalue weighted by Crippen LogP contribution is -2.46. The third kappa shape index (κ3) is 4.05. The Morgan fingerprint density at radius 3 is 2.43 bits per heavy atom. The summed E-state index contributed by atoms with van der Waals surface area (Å²) >= 11 is 4.42. The zero-order valence-corrected chi connectivity index (χ0v) is 15.5. The van der Waals surface area contributed by atoms with Gasteiger partial charge in [-0.25, -0.2) is 21.6 Å². The maximum Gasteiger partial charge on any atom is 0.253 e. The Labute approximate surface area is 137 Å². The minimum absolute atomic E-state index is 0.0354. The van der Waals surface area contributed by atoms with Crippen molar-refractivity contribution in [1.29, 1.82) is 0 Å². The van der Waals surface area contributed by atoms with E-state index >= 15 is 0 Å². The second-order valence-electron chi connectivity index (χ2n) is 4.76. The van der Waals surface area contributed by atoms with Crippen molar-refractivity contribution in [3.05, 3.63) is 15.9 Å². The molecule has 0 atom stereocenters. The van der Waals surface area contributed by atoms with Gasteiger partial charge in [-0.15, -0.1) is 11.3 Å². The average molecular weight is 417 g/mol. The van der Waals surface area contributed by atoms with Gasteiger partial charge in [0.05, 0.1) is 5.75 Å². The smallest absolute Gasteiger partial charge is 0.212 e. The van der Waals surface area contributed by atoms with E-state index in [9.17, 15) is 16.8 Å². The Morgan fingerprint density at radius 1 is 1.33 bits per heavy atom. The van der Waals surface area contributed by atoms with E-state index in [1.165, 1.54) is 15.6 Å². The zero-order chi connectivity index (χ0) is 15.7. The summed E-state index contributed by atoms with van der Waals surface area (Å²) in [5.74, 6) is 0.0354. The first kappa shape index (κ1) is 17.4. The monoisotopic (exact) mass is 416 g/mol. The molecule has 0 unspecified atom stereocenters. The Bertz CT molecular complexity index is 691. The van der Waals surface area contributed by atoms with E-state index in [4.69, 9.17) is 0 Å². The maximum atomic E-state index is 12.5. The molecule has 0 radical (unpaired) electrons. The van der Waals surface area contributed by atoms with Crippen LogP contribution in [0.25, 0.3) is 0 Å². The highest BCUT2D eigenvalue weighted by Crippen LogP contribution is 2.31. The van der Waals surface area contributed by atoms with Gasteiger partial charge in [-0.3, -0.25) is 0 Å². The molecular weight excluding hydrogens is 400 g/mol. The van der Waals surface area contributed by atoms with Crippen LogP contribution in [0, 0.1) is 0 Å². The van der Waals surface area contributed by atoms with Crippen LogP contribution in [-0.2, 0) is 20.0 Å².